The number of nitrogens with zero attached hydrogens (tertiary/aromatic N) is 2. The molecule has 2 aromatic rings. The standard InChI is InChI=1S/C21H25N3O3S/c25-20(18-14-21(18)8-10-28(26,27)11-9-21)22-19-13-16(12-15-6-7-15)23-24(19)17-4-2-1-3-5-17/h1-5,13,15,18H,6-12,14H2,(H,22,25). The molecular weight excluding hydrogens is 374 g/mol. The Bertz CT molecular complexity index is 995. The number of sulfone groups is 1. The summed E-state index contributed by atoms with van der Waals surface area (Å²) in [7, 11) is -2.91. The molecule has 5 rings (SSSR count). The average Bonchev–Trinajstić information content (AvgIpc) is 3.58. The summed E-state index contributed by atoms with van der Waals surface area (Å²) in [5.74, 6) is 1.76. The SMILES string of the molecule is O=C(Nc1cc(CC2CC2)nn1-c1ccccc1)C1CC12CCS(=O)(=O)CC2. The maximum atomic E-state index is 12.9. The summed E-state index contributed by atoms with van der Waals surface area (Å²) in [6.45, 7) is 0. The van der Waals surface area contributed by atoms with Gasteiger partial charge in [0.15, 0.2) is 0 Å². The van der Waals surface area contributed by atoms with Crippen molar-refractivity contribution < 1.29 is 13.2 Å². The summed E-state index contributed by atoms with van der Waals surface area (Å²) in [5, 5.41) is 7.83. The number of rotatable bonds is 5. The lowest BCUT2D eigenvalue weighted by molar-refractivity contribution is -0.118. The summed E-state index contributed by atoms with van der Waals surface area (Å²) < 4.78 is 25.3. The first-order valence-corrected chi connectivity index (χ1v) is 11.9. The monoisotopic (exact) mass is 399 g/mol. The Morgan fingerprint density at radius 3 is 2.57 bits per heavy atom. The Balaban J connectivity index is 1.34. The molecule has 1 spiro atoms. The van der Waals surface area contributed by atoms with Crippen molar-refractivity contribution in [1.29, 1.82) is 0 Å². The van der Waals surface area contributed by atoms with Gasteiger partial charge in [0.2, 0.25) is 5.91 Å². The zero-order valence-electron chi connectivity index (χ0n) is 15.8. The van der Waals surface area contributed by atoms with Crippen LogP contribution in [0.1, 0.15) is 37.8 Å². The lowest BCUT2D eigenvalue weighted by Gasteiger charge is -2.22. The molecule has 6 nitrogen and oxygen atoms in total. The highest BCUT2D eigenvalue weighted by atomic mass is 32.2. The van der Waals surface area contributed by atoms with Crippen LogP contribution in [-0.2, 0) is 21.1 Å². The molecule has 1 aromatic carbocycles. The number of hydrogen-bond acceptors (Lipinski definition) is 4. The van der Waals surface area contributed by atoms with Gasteiger partial charge in [-0.05, 0) is 62.0 Å². The highest BCUT2D eigenvalue weighted by molar-refractivity contribution is 7.91. The van der Waals surface area contributed by atoms with Crippen molar-refractivity contribution in [1.82, 2.24) is 9.78 Å². The second-order valence-corrected chi connectivity index (χ2v) is 11.0. The van der Waals surface area contributed by atoms with Crippen LogP contribution < -0.4 is 5.32 Å². The fraction of sp³-hybridized carbons (Fsp3) is 0.524. The van der Waals surface area contributed by atoms with Gasteiger partial charge in [-0.2, -0.15) is 5.10 Å². The van der Waals surface area contributed by atoms with E-state index in [2.05, 4.69) is 5.32 Å². The largest absolute Gasteiger partial charge is 0.310 e. The molecule has 28 heavy (non-hydrogen) atoms. The third-order valence-corrected chi connectivity index (χ3v) is 8.19. The lowest BCUT2D eigenvalue weighted by Crippen LogP contribution is -2.28. The molecule has 1 atom stereocenters. The van der Waals surface area contributed by atoms with Crippen molar-refractivity contribution in [3.05, 3.63) is 42.1 Å². The highest BCUT2D eigenvalue weighted by Gasteiger charge is 2.59. The predicted octanol–water partition coefficient (Wildman–Crippen LogP) is 2.98. The summed E-state index contributed by atoms with van der Waals surface area (Å²) >= 11 is 0. The van der Waals surface area contributed by atoms with Gasteiger partial charge in [0, 0.05) is 12.0 Å². The number of carbonyl (C=O) groups excluding carboxylic acids is 1. The molecule has 1 N–H and O–H groups in total. The molecule has 0 radical (unpaired) electrons. The van der Waals surface area contributed by atoms with E-state index in [0.29, 0.717) is 18.7 Å². The molecule has 3 aliphatic rings. The van der Waals surface area contributed by atoms with Crippen molar-refractivity contribution in [2.45, 2.75) is 38.5 Å². The van der Waals surface area contributed by atoms with Crippen molar-refractivity contribution in [3.63, 3.8) is 0 Å². The van der Waals surface area contributed by atoms with E-state index in [4.69, 9.17) is 5.10 Å². The Hall–Kier alpha value is -2.15. The van der Waals surface area contributed by atoms with Crippen LogP contribution in [0.25, 0.3) is 5.69 Å². The number of carbonyl (C=O) groups is 1. The first-order chi connectivity index (χ1) is 13.4. The zero-order chi connectivity index (χ0) is 19.4. The lowest BCUT2D eigenvalue weighted by atomic mass is 9.96. The van der Waals surface area contributed by atoms with E-state index in [-0.39, 0.29) is 28.7 Å². The summed E-state index contributed by atoms with van der Waals surface area (Å²) in [6.07, 6.45) is 5.48. The third kappa shape index (κ3) is 3.48. The average molecular weight is 400 g/mol. The van der Waals surface area contributed by atoms with Gasteiger partial charge < -0.3 is 5.32 Å². The Morgan fingerprint density at radius 1 is 1.18 bits per heavy atom. The highest BCUT2D eigenvalue weighted by Crippen LogP contribution is 2.60. The fourth-order valence-corrected chi connectivity index (χ4v) is 6.07. The van der Waals surface area contributed by atoms with Gasteiger partial charge in [0.1, 0.15) is 15.7 Å². The van der Waals surface area contributed by atoms with E-state index in [0.717, 1.165) is 30.1 Å². The molecule has 1 aliphatic heterocycles. The van der Waals surface area contributed by atoms with Crippen molar-refractivity contribution in [2.24, 2.45) is 17.3 Å². The van der Waals surface area contributed by atoms with Crippen molar-refractivity contribution in [2.75, 3.05) is 16.8 Å². The molecule has 148 valence electrons. The van der Waals surface area contributed by atoms with Crippen molar-refractivity contribution in [3.8, 4) is 5.69 Å². The second-order valence-electron chi connectivity index (χ2n) is 8.68. The Labute approximate surface area is 165 Å². The molecule has 2 saturated carbocycles. The zero-order valence-corrected chi connectivity index (χ0v) is 16.6. The number of benzene rings is 1. The minimum atomic E-state index is -2.91. The maximum Gasteiger partial charge on any atom is 0.229 e. The van der Waals surface area contributed by atoms with Gasteiger partial charge in [-0.15, -0.1) is 0 Å². The third-order valence-electron chi connectivity index (χ3n) is 6.53. The molecule has 1 amide bonds. The van der Waals surface area contributed by atoms with Gasteiger partial charge in [-0.25, -0.2) is 13.1 Å². The number of hydrogen-bond donors (Lipinski definition) is 1. The Kier molecular flexibility index (Phi) is 4.12. The van der Waals surface area contributed by atoms with E-state index >= 15 is 0 Å². The van der Waals surface area contributed by atoms with E-state index in [1.807, 2.05) is 41.1 Å². The normalized spacial score (nSPS) is 24.8. The molecule has 3 fully saturated rings. The van der Waals surface area contributed by atoms with Crippen LogP contribution in [0.5, 0.6) is 0 Å². The maximum absolute atomic E-state index is 12.9. The first kappa shape index (κ1) is 17.9. The van der Waals surface area contributed by atoms with Gasteiger partial charge >= 0.3 is 0 Å². The second kappa shape index (κ2) is 6.44. The molecule has 2 heterocycles. The topological polar surface area (TPSA) is 81.1 Å². The van der Waals surface area contributed by atoms with E-state index in [1.54, 1.807) is 0 Å². The smallest absolute Gasteiger partial charge is 0.229 e. The number of para-hydroxylation sites is 1. The summed E-state index contributed by atoms with van der Waals surface area (Å²) in [6, 6.07) is 11.8. The molecule has 7 heteroatoms. The first-order valence-electron chi connectivity index (χ1n) is 10.1. The Morgan fingerprint density at radius 2 is 1.89 bits per heavy atom. The van der Waals surface area contributed by atoms with Gasteiger partial charge in [-0.3, -0.25) is 4.79 Å². The minimum absolute atomic E-state index is 0.00523. The minimum Gasteiger partial charge on any atom is -0.310 e. The molecule has 1 unspecified atom stereocenters. The van der Waals surface area contributed by atoms with Crippen LogP contribution in [0.4, 0.5) is 5.82 Å². The van der Waals surface area contributed by atoms with Gasteiger partial charge in [0.05, 0.1) is 22.9 Å². The number of aromatic nitrogens is 2. The molecule has 2 aliphatic carbocycles. The van der Waals surface area contributed by atoms with Crippen LogP contribution in [0, 0.1) is 17.3 Å². The van der Waals surface area contributed by atoms with Crippen LogP contribution in [0.2, 0.25) is 0 Å². The number of amides is 1. The molecule has 0 bridgehead atoms. The van der Waals surface area contributed by atoms with Crippen LogP contribution in [0.15, 0.2) is 36.4 Å². The predicted molar refractivity (Wildman–Crippen MR) is 107 cm³/mol. The summed E-state index contributed by atoms with van der Waals surface area (Å²) in [4.78, 5) is 12.9. The van der Waals surface area contributed by atoms with E-state index < -0.39 is 9.84 Å². The van der Waals surface area contributed by atoms with E-state index in [9.17, 15) is 13.2 Å². The van der Waals surface area contributed by atoms with Gasteiger partial charge in [-0.1, -0.05) is 18.2 Å². The van der Waals surface area contributed by atoms with Gasteiger partial charge in [0.25, 0.3) is 0 Å². The molecule has 1 aromatic heterocycles. The van der Waals surface area contributed by atoms with Crippen molar-refractivity contribution >= 4 is 21.6 Å². The van der Waals surface area contributed by atoms with Crippen LogP contribution in [0.3, 0.4) is 0 Å². The molecule has 1 saturated heterocycles. The van der Waals surface area contributed by atoms with Crippen LogP contribution in [-0.4, -0.2) is 35.6 Å². The molecular formula is C21H25N3O3S. The number of nitrogens with one attached hydrogen (secondary N) is 1. The summed E-state index contributed by atoms with van der Waals surface area (Å²) in [5.41, 5.74) is 1.83. The number of anilines is 1. The fourth-order valence-electron chi connectivity index (χ4n) is 4.43. The van der Waals surface area contributed by atoms with Crippen LogP contribution >= 0.6 is 0 Å². The van der Waals surface area contributed by atoms with E-state index in [1.165, 1.54) is 12.8 Å². The quantitative estimate of drug-likeness (QED) is 0.838.